The lowest BCUT2D eigenvalue weighted by Crippen LogP contribution is -2.00. The smallest absolute Gasteiger partial charge is 0.354 e. The number of aromatic nitrogens is 1. The Bertz CT molecular complexity index is 544. The molecule has 0 aliphatic heterocycles. The Kier molecular flexibility index (Phi) is 2.44. The molecule has 2 aromatic rings. The fraction of sp³-hybridized carbons (Fsp3) is 0.182. The Balaban J connectivity index is 2.58. The van der Waals surface area contributed by atoms with E-state index in [9.17, 15) is 9.90 Å². The number of phenols is 1. The van der Waals surface area contributed by atoms with Crippen LogP contribution in [0.2, 0.25) is 0 Å². The maximum atomic E-state index is 11.3. The largest absolute Gasteiger partial charge is 0.504 e. The molecule has 1 aromatic heterocycles. The average molecular weight is 221 g/mol. The van der Waals surface area contributed by atoms with Gasteiger partial charge in [-0.05, 0) is 12.1 Å². The molecule has 5 nitrogen and oxygen atoms in total. The number of H-pyrrole nitrogens is 1. The molecule has 0 saturated heterocycles. The Morgan fingerprint density at radius 3 is 2.69 bits per heavy atom. The van der Waals surface area contributed by atoms with Crippen molar-refractivity contribution >= 4 is 16.9 Å². The summed E-state index contributed by atoms with van der Waals surface area (Å²) in [4.78, 5) is 14.1. The van der Waals surface area contributed by atoms with Gasteiger partial charge in [-0.15, -0.1) is 0 Å². The number of ether oxygens (including phenoxy) is 2. The van der Waals surface area contributed by atoms with Crippen molar-refractivity contribution in [2.75, 3.05) is 14.2 Å². The van der Waals surface area contributed by atoms with Crippen LogP contribution >= 0.6 is 0 Å². The normalized spacial score (nSPS) is 10.4. The highest BCUT2D eigenvalue weighted by atomic mass is 16.5. The fourth-order valence-electron chi connectivity index (χ4n) is 1.53. The number of rotatable bonds is 2. The number of fused-ring (bicyclic) bond motifs is 1. The highest BCUT2D eigenvalue weighted by Gasteiger charge is 2.11. The minimum atomic E-state index is -0.449. The first kappa shape index (κ1) is 10.4. The van der Waals surface area contributed by atoms with Crippen LogP contribution in [-0.4, -0.2) is 30.3 Å². The average Bonchev–Trinajstić information content (AvgIpc) is 2.69. The van der Waals surface area contributed by atoms with Gasteiger partial charge in [0.15, 0.2) is 11.5 Å². The zero-order chi connectivity index (χ0) is 11.7. The summed E-state index contributed by atoms with van der Waals surface area (Å²) in [5, 5.41) is 10.3. The van der Waals surface area contributed by atoms with Crippen LogP contribution in [0.15, 0.2) is 18.2 Å². The van der Waals surface area contributed by atoms with Crippen molar-refractivity contribution < 1.29 is 19.4 Å². The van der Waals surface area contributed by atoms with Gasteiger partial charge in [0.1, 0.15) is 5.69 Å². The first-order chi connectivity index (χ1) is 7.65. The molecule has 0 amide bonds. The number of hydrogen-bond acceptors (Lipinski definition) is 4. The second-order valence-electron chi connectivity index (χ2n) is 3.29. The molecule has 0 bridgehead atoms. The second kappa shape index (κ2) is 3.77. The van der Waals surface area contributed by atoms with Crippen molar-refractivity contribution in [2.45, 2.75) is 0 Å². The van der Waals surface area contributed by atoms with E-state index in [4.69, 9.17) is 4.74 Å². The molecule has 0 unspecified atom stereocenters. The van der Waals surface area contributed by atoms with Gasteiger partial charge in [-0.2, -0.15) is 0 Å². The number of methoxy groups -OCH3 is 2. The van der Waals surface area contributed by atoms with Gasteiger partial charge in [-0.1, -0.05) is 0 Å². The minimum Gasteiger partial charge on any atom is -0.504 e. The molecule has 0 aliphatic carbocycles. The lowest BCUT2D eigenvalue weighted by atomic mass is 10.2. The third-order valence-electron chi connectivity index (χ3n) is 2.33. The van der Waals surface area contributed by atoms with Gasteiger partial charge in [0.25, 0.3) is 0 Å². The molecule has 5 heteroatoms. The first-order valence-corrected chi connectivity index (χ1v) is 4.63. The van der Waals surface area contributed by atoms with Crippen molar-refractivity contribution in [2.24, 2.45) is 0 Å². The molecular formula is C11H11NO4. The van der Waals surface area contributed by atoms with Crippen LogP contribution in [0.1, 0.15) is 10.5 Å². The number of phenolic OH excluding ortho intramolecular Hbond substituents is 1. The molecule has 0 atom stereocenters. The van der Waals surface area contributed by atoms with E-state index < -0.39 is 5.97 Å². The quantitative estimate of drug-likeness (QED) is 0.756. The van der Waals surface area contributed by atoms with Crippen molar-refractivity contribution in [3.63, 3.8) is 0 Å². The molecule has 1 heterocycles. The summed E-state index contributed by atoms with van der Waals surface area (Å²) in [5.41, 5.74) is 0.990. The highest BCUT2D eigenvalue weighted by Crippen LogP contribution is 2.31. The van der Waals surface area contributed by atoms with Crippen LogP contribution in [0.25, 0.3) is 10.9 Å². The minimum absolute atomic E-state index is 0.0215. The molecule has 2 N–H and O–H groups in total. The number of esters is 1. The topological polar surface area (TPSA) is 71.6 Å². The SMILES string of the molecule is COC(=O)c1cc2cc(OC)c(O)cc2[nH]1. The van der Waals surface area contributed by atoms with E-state index in [1.165, 1.54) is 20.3 Å². The van der Waals surface area contributed by atoms with E-state index >= 15 is 0 Å². The summed E-state index contributed by atoms with van der Waals surface area (Å²) < 4.78 is 9.56. The number of nitrogens with one attached hydrogen (secondary N) is 1. The van der Waals surface area contributed by atoms with Crippen LogP contribution < -0.4 is 4.74 Å². The summed E-state index contributed by atoms with van der Waals surface area (Å²) >= 11 is 0. The second-order valence-corrected chi connectivity index (χ2v) is 3.29. The lowest BCUT2D eigenvalue weighted by Gasteiger charge is -2.01. The Labute approximate surface area is 91.6 Å². The van der Waals surface area contributed by atoms with Gasteiger partial charge in [-0.25, -0.2) is 4.79 Å². The maximum Gasteiger partial charge on any atom is 0.354 e. The Morgan fingerprint density at radius 1 is 1.31 bits per heavy atom. The standard InChI is InChI=1S/C11H11NO4/c1-15-10-4-6-3-8(11(14)16-2)12-7(6)5-9(10)13/h3-5,12-13H,1-2H3. The molecule has 0 spiro atoms. The first-order valence-electron chi connectivity index (χ1n) is 4.63. The third kappa shape index (κ3) is 1.56. The van der Waals surface area contributed by atoms with Crippen molar-refractivity contribution in [1.29, 1.82) is 0 Å². The van der Waals surface area contributed by atoms with Crippen LogP contribution in [-0.2, 0) is 4.74 Å². The van der Waals surface area contributed by atoms with Gasteiger partial charge in [0.2, 0.25) is 0 Å². The number of benzene rings is 1. The van der Waals surface area contributed by atoms with Crippen molar-refractivity contribution in [3.05, 3.63) is 23.9 Å². The van der Waals surface area contributed by atoms with Gasteiger partial charge in [-0.3, -0.25) is 0 Å². The predicted molar refractivity (Wildman–Crippen MR) is 57.9 cm³/mol. The van der Waals surface area contributed by atoms with E-state index in [1.54, 1.807) is 12.1 Å². The highest BCUT2D eigenvalue weighted by molar-refractivity contribution is 5.95. The van der Waals surface area contributed by atoms with E-state index in [-0.39, 0.29) is 5.75 Å². The molecule has 84 valence electrons. The molecule has 0 fully saturated rings. The van der Waals surface area contributed by atoms with E-state index in [0.29, 0.717) is 17.0 Å². The van der Waals surface area contributed by atoms with Gasteiger partial charge < -0.3 is 19.6 Å². The summed E-state index contributed by atoms with van der Waals surface area (Å²) in [6, 6.07) is 4.79. The number of aromatic amines is 1. The van der Waals surface area contributed by atoms with E-state index in [1.807, 2.05) is 0 Å². The predicted octanol–water partition coefficient (Wildman–Crippen LogP) is 1.67. The van der Waals surface area contributed by atoms with Crippen molar-refractivity contribution in [1.82, 2.24) is 4.98 Å². The molecule has 0 saturated carbocycles. The summed E-state index contributed by atoms with van der Waals surface area (Å²) in [6.07, 6.45) is 0. The molecule has 0 radical (unpaired) electrons. The number of aromatic hydroxyl groups is 1. The maximum absolute atomic E-state index is 11.3. The summed E-state index contributed by atoms with van der Waals surface area (Å²) in [7, 11) is 2.78. The molecule has 2 rings (SSSR count). The van der Waals surface area contributed by atoms with Crippen LogP contribution in [0.3, 0.4) is 0 Å². The Morgan fingerprint density at radius 2 is 2.06 bits per heavy atom. The number of hydrogen-bond donors (Lipinski definition) is 2. The Hall–Kier alpha value is -2.17. The van der Waals surface area contributed by atoms with E-state index in [2.05, 4.69) is 9.72 Å². The zero-order valence-electron chi connectivity index (χ0n) is 8.90. The fourth-order valence-corrected chi connectivity index (χ4v) is 1.53. The molecular weight excluding hydrogens is 210 g/mol. The summed E-state index contributed by atoms with van der Waals surface area (Å²) in [5.74, 6) is -0.0640. The van der Waals surface area contributed by atoms with Crippen molar-refractivity contribution in [3.8, 4) is 11.5 Å². The van der Waals surface area contributed by atoms with Crippen LogP contribution in [0.4, 0.5) is 0 Å². The number of carbonyl (C=O) groups is 1. The van der Waals surface area contributed by atoms with E-state index in [0.717, 1.165) is 5.39 Å². The molecule has 1 aromatic carbocycles. The van der Waals surface area contributed by atoms with Gasteiger partial charge in [0.05, 0.1) is 19.7 Å². The third-order valence-corrected chi connectivity index (χ3v) is 2.33. The molecule has 16 heavy (non-hydrogen) atoms. The van der Waals surface area contributed by atoms with Crippen LogP contribution in [0.5, 0.6) is 11.5 Å². The lowest BCUT2D eigenvalue weighted by molar-refractivity contribution is 0.0595. The molecule has 0 aliphatic rings. The zero-order valence-corrected chi connectivity index (χ0v) is 8.90. The number of carbonyl (C=O) groups excluding carboxylic acids is 1. The van der Waals surface area contributed by atoms with Gasteiger partial charge >= 0.3 is 5.97 Å². The monoisotopic (exact) mass is 221 g/mol. The van der Waals surface area contributed by atoms with Crippen LogP contribution in [0, 0.1) is 0 Å². The van der Waals surface area contributed by atoms with Gasteiger partial charge in [0, 0.05) is 11.5 Å². The summed E-state index contributed by atoms with van der Waals surface area (Å²) in [6.45, 7) is 0.